The SMILES string of the molecule is CN1CCC(CNC(=O)C(CCC(=O)O)NC(=O)OCC2c3ccccc3-c3ccccc32)CC1. The second kappa shape index (κ2) is 11.4. The van der Waals surface area contributed by atoms with Crippen LogP contribution in [-0.4, -0.2) is 67.3 Å². The lowest BCUT2D eigenvalue weighted by Crippen LogP contribution is -2.48. The average molecular weight is 480 g/mol. The number of nitrogens with one attached hydrogen (secondary N) is 2. The third-order valence-electron chi connectivity index (χ3n) is 7.00. The van der Waals surface area contributed by atoms with E-state index in [-0.39, 0.29) is 31.3 Å². The number of carbonyl (C=O) groups excluding carboxylic acids is 2. The first-order chi connectivity index (χ1) is 16.9. The van der Waals surface area contributed by atoms with E-state index in [9.17, 15) is 14.4 Å². The van der Waals surface area contributed by atoms with Gasteiger partial charge < -0.3 is 25.4 Å². The fourth-order valence-corrected chi connectivity index (χ4v) is 4.95. The molecule has 0 saturated carbocycles. The van der Waals surface area contributed by atoms with E-state index in [0.29, 0.717) is 12.5 Å². The Morgan fingerprint density at radius 2 is 1.63 bits per heavy atom. The normalized spacial score (nSPS) is 16.7. The molecule has 2 aromatic rings. The van der Waals surface area contributed by atoms with Crippen LogP contribution in [-0.2, 0) is 14.3 Å². The highest BCUT2D eigenvalue weighted by Gasteiger charge is 2.30. The Hall–Kier alpha value is -3.39. The van der Waals surface area contributed by atoms with Crippen molar-refractivity contribution in [1.29, 1.82) is 0 Å². The maximum atomic E-state index is 12.8. The van der Waals surface area contributed by atoms with Gasteiger partial charge in [-0.15, -0.1) is 0 Å². The highest BCUT2D eigenvalue weighted by molar-refractivity contribution is 5.86. The number of likely N-dealkylation sites (tertiary alicyclic amines) is 1. The summed E-state index contributed by atoms with van der Waals surface area (Å²) in [6.07, 6.45) is 1.04. The molecule has 1 heterocycles. The number of hydrogen-bond donors (Lipinski definition) is 3. The second-order valence-electron chi connectivity index (χ2n) is 9.45. The molecule has 1 aliphatic heterocycles. The van der Waals surface area contributed by atoms with Gasteiger partial charge in [-0.3, -0.25) is 9.59 Å². The van der Waals surface area contributed by atoms with Gasteiger partial charge in [0.1, 0.15) is 12.6 Å². The van der Waals surface area contributed by atoms with Crippen molar-refractivity contribution in [2.24, 2.45) is 5.92 Å². The van der Waals surface area contributed by atoms with Gasteiger partial charge in [-0.05, 0) is 67.6 Å². The summed E-state index contributed by atoms with van der Waals surface area (Å²) in [7, 11) is 2.08. The van der Waals surface area contributed by atoms with Gasteiger partial charge in [0.15, 0.2) is 0 Å². The van der Waals surface area contributed by atoms with Crippen molar-refractivity contribution in [1.82, 2.24) is 15.5 Å². The molecule has 4 rings (SSSR count). The van der Waals surface area contributed by atoms with E-state index in [0.717, 1.165) is 48.2 Å². The Balaban J connectivity index is 1.34. The number of nitrogens with zero attached hydrogens (tertiary/aromatic N) is 1. The minimum atomic E-state index is -1.02. The summed E-state index contributed by atoms with van der Waals surface area (Å²) < 4.78 is 5.55. The van der Waals surface area contributed by atoms with Crippen molar-refractivity contribution in [2.45, 2.75) is 37.6 Å². The zero-order chi connectivity index (χ0) is 24.8. The monoisotopic (exact) mass is 479 g/mol. The summed E-state index contributed by atoms with van der Waals surface area (Å²) in [4.78, 5) is 38.8. The third kappa shape index (κ3) is 6.19. The summed E-state index contributed by atoms with van der Waals surface area (Å²) in [6, 6.07) is 15.1. The summed E-state index contributed by atoms with van der Waals surface area (Å²) in [5.41, 5.74) is 4.45. The minimum Gasteiger partial charge on any atom is -0.481 e. The van der Waals surface area contributed by atoms with Crippen LogP contribution in [0, 0.1) is 5.92 Å². The lowest BCUT2D eigenvalue weighted by molar-refractivity contribution is -0.137. The van der Waals surface area contributed by atoms with Crippen LogP contribution in [0.4, 0.5) is 4.79 Å². The van der Waals surface area contributed by atoms with Crippen LogP contribution in [0.1, 0.15) is 42.7 Å². The lowest BCUT2D eigenvalue weighted by Gasteiger charge is -2.29. The summed E-state index contributed by atoms with van der Waals surface area (Å²) in [6.45, 7) is 2.62. The third-order valence-corrected chi connectivity index (χ3v) is 7.00. The number of carbonyl (C=O) groups is 3. The van der Waals surface area contributed by atoms with E-state index in [1.54, 1.807) is 0 Å². The largest absolute Gasteiger partial charge is 0.481 e. The van der Waals surface area contributed by atoms with E-state index in [4.69, 9.17) is 9.84 Å². The van der Waals surface area contributed by atoms with Crippen LogP contribution in [0.25, 0.3) is 11.1 Å². The fourth-order valence-electron chi connectivity index (χ4n) is 4.95. The first kappa shape index (κ1) is 24.7. The molecule has 35 heavy (non-hydrogen) atoms. The zero-order valence-corrected chi connectivity index (χ0v) is 20.0. The zero-order valence-electron chi connectivity index (χ0n) is 20.0. The lowest BCUT2D eigenvalue weighted by atomic mass is 9.97. The molecule has 186 valence electrons. The van der Waals surface area contributed by atoms with Crippen LogP contribution < -0.4 is 10.6 Å². The molecular weight excluding hydrogens is 446 g/mol. The van der Waals surface area contributed by atoms with Gasteiger partial charge in [0.05, 0.1) is 0 Å². The quantitative estimate of drug-likeness (QED) is 0.510. The van der Waals surface area contributed by atoms with Gasteiger partial charge in [0, 0.05) is 18.9 Å². The number of ether oxygens (including phenoxy) is 1. The van der Waals surface area contributed by atoms with Crippen molar-refractivity contribution in [3.05, 3.63) is 59.7 Å². The fraction of sp³-hybridized carbons (Fsp3) is 0.444. The molecule has 1 fully saturated rings. The number of fused-ring (bicyclic) bond motifs is 3. The highest BCUT2D eigenvalue weighted by Crippen LogP contribution is 2.44. The number of hydrogen-bond acceptors (Lipinski definition) is 5. The molecule has 8 nitrogen and oxygen atoms in total. The molecule has 3 N–H and O–H groups in total. The molecule has 0 bridgehead atoms. The Labute approximate surface area is 205 Å². The van der Waals surface area contributed by atoms with E-state index >= 15 is 0 Å². The Morgan fingerprint density at radius 1 is 1.03 bits per heavy atom. The van der Waals surface area contributed by atoms with Gasteiger partial charge in [0.2, 0.25) is 5.91 Å². The molecule has 0 radical (unpaired) electrons. The van der Waals surface area contributed by atoms with Gasteiger partial charge in [0.25, 0.3) is 0 Å². The minimum absolute atomic E-state index is 0.00122. The average Bonchev–Trinajstić information content (AvgIpc) is 3.18. The van der Waals surface area contributed by atoms with Crippen molar-refractivity contribution in [2.75, 3.05) is 33.3 Å². The molecule has 2 aliphatic rings. The number of rotatable bonds is 9. The maximum absolute atomic E-state index is 12.8. The number of aliphatic carboxylic acids is 1. The molecule has 1 aliphatic carbocycles. The molecule has 0 spiro atoms. The second-order valence-corrected chi connectivity index (χ2v) is 9.45. The first-order valence-corrected chi connectivity index (χ1v) is 12.2. The van der Waals surface area contributed by atoms with Crippen molar-refractivity contribution < 1.29 is 24.2 Å². The van der Waals surface area contributed by atoms with Gasteiger partial charge >= 0.3 is 12.1 Å². The smallest absolute Gasteiger partial charge is 0.407 e. The number of carboxylic acids is 1. The number of benzene rings is 2. The van der Waals surface area contributed by atoms with Gasteiger partial charge in [-0.25, -0.2) is 4.79 Å². The molecule has 0 aromatic heterocycles. The molecule has 2 aromatic carbocycles. The highest BCUT2D eigenvalue weighted by atomic mass is 16.5. The Morgan fingerprint density at radius 3 is 2.23 bits per heavy atom. The molecule has 1 unspecified atom stereocenters. The van der Waals surface area contributed by atoms with E-state index in [1.807, 2.05) is 36.4 Å². The van der Waals surface area contributed by atoms with Gasteiger partial charge in [-0.2, -0.15) is 0 Å². The van der Waals surface area contributed by atoms with Crippen LogP contribution in [0.5, 0.6) is 0 Å². The molecule has 8 heteroatoms. The molecule has 1 saturated heterocycles. The van der Waals surface area contributed by atoms with Crippen molar-refractivity contribution in [3.63, 3.8) is 0 Å². The molecular formula is C27H33N3O5. The number of piperidine rings is 1. The van der Waals surface area contributed by atoms with Crippen LogP contribution in [0.15, 0.2) is 48.5 Å². The van der Waals surface area contributed by atoms with Gasteiger partial charge in [-0.1, -0.05) is 48.5 Å². The molecule has 2 amide bonds. The summed E-state index contributed by atoms with van der Waals surface area (Å²) >= 11 is 0. The Kier molecular flexibility index (Phi) is 8.02. The number of alkyl carbamates (subject to hydrolysis) is 1. The maximum Gasteiger partial charge on any atom is 0.407 e. The predicted octanol–water partition coefficient (Wildman–Crippen LogP) is 3.22. The van der Waals surface area contributed by atoms with Crippen molar-refractivity contribution >= 4 is 18.0 Å². The standard InChI is InChI=1S/C27H33N3O5/c1-30-14-12-18(13-15-30)16-28-26(33)24(10-11-25(31)32)29-27(34)35-17-23-21-8-4-2-6-19(21)20-7-3-5-9-22(20)23/h2-9,18,23-24H,10-17H2,1H3,(H,28,33)(H,29,34)(H,31,32). The summed E-state index contributed by atoms with van der Waals surface area (Å²) in [5.74, 6) is -1.11. The van der Waals surface area contributed by atoms with E-state index in [1.165, 1.54) is 0 Å². The number of carboxylic acid groups (broad SMARTS) is 1. The van der Waals surface area contributed by atoms with Crippen LogP contribution in [0.2, 0.25) is 0 Å². The van der Waals surface area contributed by atoms with E-state index in [2.05, 4.69) is 34.7 Å². The van der Waals surface area contributed by atoms with Crippen molar-refractivity contribution in [3.8, 4) is 11.1 Å². The van der Waals surface area contributed by atoms with Crippen LogP contribution >= 0.6 is 0 Å². The molecule has 1 atom stereocenters. The van der Waals surface area contributed by atoms with E-state index < -0.39 is 18.1 Å². The van der Waals surface area contributed by atoms with Crippen LogP contribution in [0.3, 0.4) is 0 Å². The predicted molar refractivity (Wildman–Crippen MR) is 132 cm³/mol. The first-order valence-electron chi connectivity index (χ1n) is 12.2. The summed E-state index contributed by atoms with van der Waals surface area (Å²) in [5, 5.41) is 14.6. The topological polar surface area (TPSA) is 108 Å². The number of amides is 2. The Bertz CT molecular complexity index is 1020.